The zero-order valence-electron chi connectivity index (χ0n) is 9.75. The third-order valence-electron chi connectivity index (χ3n) is 3.63. The van der Waals surface area contributed by atoms with E-state index in [1.54, 1.807) is 0 Å². The van der Waals surface area contributed by atoms with E-state index >= 15 is 0 Å². The van der Waals surface area contributed by atoms with E-state index in [1.807, 2.05) is 30.3 Å². The van der Waals surface area contributed by atoms with Crippen molar-refractivity contribution in [3.8, 4) is 0 Å². The van der Waals surface area contributed by atoms with Gasteiger partial charge in [-0.05, 0) is 18.4 Å². The molecule has 1 fully saturated rings. The smallest absolute Gasteiger partial charge is 0.311 e. The predicted molar refractivity (Wildman–Crippen MR) is 64.8 cm³/mol. The summed E-state index contributed by atoms with van der Waals surface area (Å²) in [6.45, 7) is 0. The van der Waals surface area contributed by atoms with Gasteiger partial charge in [-0.25, -0.2) is 0 Å². The van der Waals surface area contributed by atoms with E-state index < -0.39 is 18.0 Å². The summed E-state index contributed by atoms with van der Waals surface area (Å²) < 4.78 is 0. The Bertz CT molecular complexity index is 374. The molecule has 0 aromatic heterocycles. The molecule has 2 N–H and O–H groups in total. The molecule has 0 aliphatic heterocycles. The van der Waals surface area contributed by atoms with E-state index in [2.05, 4.69) is 0 Å². The monoisotopic (exact) mass is 234 g/mol. The molecule has 1 saturated carbocycles. The van der Waals surface area contributed by atoms with Gasteiger partial charge in [0.2, 0.25) is 0 Å². The lowest BCUT2D eigenvalue weighted by molar-refractivity contribution is -0.142. The molecule has 0 unspecified atom stereocenters. The summed E-state index contributed by atoms with van der Waals surface area (Å²) in [7, 11) is 0. The number of aliphatic hydroxyl groups excluding tert-OH is 1. The minimum absolute atomic E-state index is 0.149. The molecule has 3 atom stereocenters. The van der Waals surface area contributed by atoms with E-state index in [0.29, 0.717) is 0 Å². The van der Waals surface area contributed by atoms with Crippen molar-refractivity contribution in [3.05, 3.63) is 35.9 Å². The van der Waals surface area contributed by atoms with E-state index in [1.165, 1.54) is 0 Å². The second-order valence-corrected chi connectivity index (χ2v) is 4.74. The van der Waals surface area contributed by atoms with E-state index in [0.717, 1.165) is 31.2 Å². The van der Waals surface area contributed by atoms with Crippen LogP contribution in [0, 0.1) is 5.92 Å². The molecule has 0 amide bonds. The highest BCUT2D eigenvalue weighted by molar-refractivity contribution is 5.76. The SMILES string of the molecule is O=C(O)[C@H](c1ccccc1)[C@@H]1CCCC[C@H]1O. The van der Waals surface area contributed by atoms with E-state index in [4.69, 9.17) is 0 Å². The molecule has 1 aromatic rings. The van der Waals surface area contributed by atoms with Crippen LogP contribution >= 0.6 is 0 Å². The van der Waals surface area contributed by atoms with Crippen LogP contribution < -0.4 is 0 Å². The van der Waals surface area contributed by atoms with Crippen LogP contribution in [-0.2, 0) is 4.79 Å². The highest BCUT2D eigenvalue weighted by atomic mass is 16.4. The number of aliphatic hydroxyl groups is 1. The van der Waals surface area contributed by atoms with Gasteiger partial charge in [-0.3, -0.25) is 4.79 Å². The van der Waals surface area contributed by atoms with E-state index in [9.17, 15) is 15.0 Å². The van der Waals surface area contributed by atoms with Gasteiger partial charge in [-0.15, -0.1) is 0 Å². The Hall–Kier alpha value is -1.35. The molecule has 92 valence electrons. The summed E-state index contributed by atoms with van der Waals surface area (Å²) in [6, 6.07) is 9.24. The normalized spacial score (nSPS) is 26.4. The second-order valence-electron chi connectivity index (χ2n) is 4.74. The van der Waals surface area contributed by atoms with Gasteiger partial charge in [-0.1, -0.05) is 43.2 Å². The summed E-state index contributed by atoms with van der Waals surface area (Å²) in [4.78, 5) is 11.4. The summed E-state index contributed by atoms with van der Waals surface area (Å²) >= 11 is 0. The fraction of sp³-hybridized carbons (Fsp3) is 0.500. The van der Waals surface area contributed by atoms with Crippen molar-refractivity contribution >= 4 is 5.97 Å². The Labute approximate surface area is 101 Å². The van der Waals surface area contributed by atoms with Crippen molar-refractivity contribution in [2.75, 3.05) is 0 Å². The van der Waals surface area contributed by atoms with Crippen LogP contribution in [0.25, 0.3) is 0 Å². The van der Waals surface area contributed by atoms with Crippen LogP contribution in [0.3, 0.4) is 0 Å². The molecule has 2 rings (SSSR count). The fourth-order valence-corrected chi connectivity index (χ4v) is 2.76. The Morgan fingerprint density at radius 2 is 1.82 bits per heavy atom. The number of rotatable bonds is 3. The standard InChI is InChI=1S/C14H18O3/c15-12-9-5-4-8-11(12)13(14(16)17)10-6-2-1-3-7-10/h1-3,6-7,11-13,15H,4-5,8-9H2,(H,16,17)/t11-,12-,13-/m1/s1. The van der Waals surface area contributed by atoms with Crippen LogP contribution in [0.2, 0.25) is 0 Å². The lowest BCUT2D eigenvalue weighted by Crippen LogP contribution is -2.33. The molecule has 1 aliphatic carbocycles. The van der Waals surface area contributed by atoms with Crippen LogP contribution in [0.5, 0.6) is 0 Å². The molecule has 0 heterocycles. The molecule has 3 heteroatoms. The average molecular weight is 234 g/mol. The number of carbonyl (C=O) groups is 1. The molecule has 0 bridgehead atoms. The Morgan fingerprint density at radius 1 is 1.18 bits per heavy atom. The Kier molecular flexibility index (Phi) is 3.79. The lowest BCUT2D eigenvalue weighted by Gasteiger charge is -2.32. The lowest BCUT2D eigenvalue weighted by atomic mass is 9.75. The van der Waals surface area contributed by atoms with E-state index in [-0.39, 0.29) is 5.92 Å². The predicted octanol–water partition coefficient (Wildman–Crippen LogP) is 2.41. The van der Waals surface area contributed by atoms with Gasteiger partial charge in [0.25, 0.3) is 0 Å². The molecular formula is C14H18O3. The first kappa shape index (κ1) is 12.1. The third-order valence-corrected chi connectivity index (χ3v) is 3.63. The maximum atomic E-state index is 11.4. The highest BCUT2D eigenvalue weighted by Gasteiger charge is 2.35. The topological polar surface area (TPSA) is 57.5 Å². The van der Waals surface area contributed by atoms with Crippen LogP contribution in [-0.4, -0.2) is 22.3 Å². The first-order chi connectivity index (χ1) is 8.20. The molecular weight excluding hydrogens is 216 g/mol. The zero-order valence-corrected chi connectivity index (χ0v) is 9.75. The molecule has 0 radical (unpaired) electrons. The van der Waals surface area contributed by atoms with Crippen molar-refractivity contribution in [2.45, 2.75) is 37.7 Å². The minimum Gasteiger partial charge on any atom is -0.481 e. The van der Waals surface area contributed by atoms with Gasteiger partial charge < -0.3 is 10.2 Å². The largest absolute Gasteiger partial charge is 0.481 e. The van der Waals surface area contributed by atoms with Crippen LogP contribution in [0.1, 0.15) is 37.2 Å². The fourth-order valence-electron chi connectivity index (χ4n) is 2.76. The van der Waals surface area contributed by atoms with Crippen molar-refractivity contribution in [3.63, 3.8) is 0 Å². The Morgan fingerprint density at radius 3 is 2.41 bits per heavy atom. The molecule has 0 saturated heterocycles. The van der Waals surface area contributed by atoms with Crippen molar-refractivity contribution in [1.82, 2.24) is 0 Å². The molecule has 1 aromatic carbocycles. The van der Waals surface area contributed by atoms with Crippen molar-refractivity contribution < 1.29 is 15.0 Å². The van der Waals surface area contributed by atoms with Crippen LogP contribution in [0.15, 0.2) is 30.3 Å². The second kappa shape index (κ2) is 5.32. The summed E-state index contributed by atoms with van der Waals surface area (Å²) in [5.74, 6) is -1.56. The number of benzene rings is 1. The van der Waals surface area contributed by atoms with Gasteiger partial charge in [0.15, 0.2) is 0 Å². The van der Waals surface area contributed by atoms with Crippen molar-refractivity contribution in [1.29, 1.82) is 0 Å². The average Bonchev–Trinajstić information content (AvgIpc) is 2.33. The first-order valence-electron chi connectivity index (χ1n) is 6.16. The molecule has 3 nitrogen and oxygen atoms in total. The maximum absolute atomic E-state index is 11.4. The van der Waals surface area contributed by atoms with Gasteiger partial charge in [0, 0.05) is 5.92 Å². The summed E-state index contributed by atoms with van der Waals surface area (Å²) in [5, 5.41) is 19.4. The number of carboxylic acids is 1. The first-order valence-corrected chi connectivity index (χ1v) is 6.16. The molecule has 1 aliphatic rings. The quantitative estimate of drug-likeness (QED) is 0.844. The van der Waals surface area contributed by atoms with Gasteiger partial charge in [-0.2, -0.15) is 0 Å². The number of hydrogen-bond acceptors (Lipinski definition) is 2. The van der Waals surface area contributed by atoms with Gasteiger partial charge in [0.05, 0.1) is 12.0 Å². The summed E-state index contributed by atoms with van der Waals surface area (Å²) in [6.07, 6.45) is 3.05. The molecule has 0 spiro atoms. The van der Waals surface area contributed by atoms with Crippen LogP contribution in [0.4, 0.5) is 0 Å². The van der Waals surface area contributed by atoms with Crippen molar-refractivity contribution in [2.24, 2.45) is 5.92 Å². The van der Waals surface area contributed by atoms with Gasteiger partial charge in [0.1, 0.15) is 0 Å². The zero-order chi connectivity index (χ0) is 12.3. The third kappa shape index (κ3) is 2.67. The number of aliphatic carboxylic acids is 1. The number of carboxylic acid groups (broad SMARTS) is 1. The minimum atomic E-state index is -0.831. The Balaban J connectivity index is 2.26. The number of hydrogen-bond donors (Lipinski definition) is 2. The summed E-state index contributed by atoms with van der Waals surface area (Å²) in [5.41, 5.74) is 0.797. The molecule has 17 heavy (non-hydrogen) atoms. The van der Waals surface area contributed by atoms with Gasteiger partial charge >= 0.3 is 5.97 Å². The maximum Gasteiger partial charge on any atom is 0.311 e. The highest BCUT2D eigenvalue weighted by Crippen LogP contribution is 2.36.